The topological polar surface area (TPSA) is 64.7 Å². The second-order valence-electron chi connectivity index (χ2n) is 7.60. The molecule has 6 nitrogen and oxygen atoms in total. The van der Waals surface area contributed by atoms with Crippen LogP contribution in [0.1, 0.15) is 30.4 Å². The zero-order chi connectivity index (χ0) is 17.1. The van der Waals surface area contributed by atoms with Crippen LogP contribution >= 0.6 is 0 Å². The molecule has 0 saturated carbocycles. The van der Waals surface area contributed by atoms with Crippen LogP contribution in [0.4, 0.5) is 10.1 Å². The maximum Gasteiger partial charge on any atom is 0.243 e. The molecule has 132 valence electrons. The maximum atomic E-state index is 14.4. The zero-order valence-electron chi connectivity index (χ0n) is 13.9. The number of benzene rings is 1. The third-order valence-corrected chi connectivity index (χ3v) is 5.99. The summed E-state index contributed by atoms with van der Waals surface area (Å²) in [5.41, 5.74) is 2.81. The Kier molecular flexibility index (Phi) is 3.36. The molecule has 2 N–H and O–H groups in total. The Morgan fingerprint density at radius 3 is 2.52 bits per heavy atom. The van der Waals surface area contributed by atoms with E-state index in [1.54, 1.807) is 6.07 Å². The Labute approximate surface area is 145 Å². The molecule has 0 aliphatic carbocycles. The van der Waals surface area contributed by atoms with E-state index in [0.29, 0.717) is 43.6 Å². The molecular formula is C18H21FN4O2. The van der Waals surface area contributed by atoms with Gasteiger partial charge >= 0.3 is 0 Å². The lowest BCUT2D eigenvalue weighted by atomic mass is 9.90. The largest absolute Gasteiger partial charge is 0.368 e. The van der Waals surface area contributed by atoms with E-state index in [1.807, 2.05) is 11.0 Å². The summed E-state index contributed by atoms with van der Waals surface area (Å²) in [5, 5.41) is 5.92. The first-order valence-corrected chi connectivity index (χ1v) is 8.97. The van der Waals surface area contributed by atoms with Gasteiger partial charge in [0.15, 0.2) is 0 Å². The minimum absolute atomic E-state index is 0.200. The van der Waals surface area contributed by atoms with E-state index in [9.17, 15) is 14.0 Å². The van der Waals surface area contributed by atoms with Gasteiger partial charge in [-0.3, -0.25) is 19.8 Å². The number of imide groups is 1. The first-order chi connectivity index (χ1) is 12.1. The van der Waals surface area contributed by atoms with E-state index in [2.05, 4.69) is 15.5 Å². The Balaban J connectivity index is 1.42. The molecule has 5 heterocycles. The highest BCUT2D eigenvalue weighted by atomic mass is 19.1. The summed E-state index contributed by atoms with van der Waals surface area (Å²) in [6, 6.07) is 4.15. The van der Waals surface area contributed by atoms with Gasteiger partial charge < -0.3 is 10.2 Å². The third kappa shape index (κ3) is 2.45. The number of hydrogen-bond acceptors (Lipinski definition) is 5. The summed E-state index contributed by atoms with van der Waals surface area (Å²) in [6.07, 6.45) is 2.08. The Morgan fingerprint density at radius 2 is 1.80 bits per heavy atom. The van der Waals surface area contributed by atoms with Crippen LogP contribution in [0, 0.1) is 5.82 Å². The fourth-order valence-corrected chi connectivity index (χ4v) is 4.72. The van der Waals surface area contributed by atoms with Gasteiger partial charge in [0.05, 0.1) is 6.04 Å². The predicted octanol–water partition coefficient (Wildman–Crippen LogP) is 0.497. The predicted molar refractivity (Wildman–Crippen MR) is 89.4 cm³/mol. The van der Waals surface area contributed by atoms with E-state index < -0.39 is 0 Å². The van der Waals surface area contributed by atoms with Crippen LogP contribution in [0.15, 0.2) is 12.1 Å². The zero-order valence-corrected chi connectivity index (χ0v) is 13.9. The molecule has 4 saturated heterocycles. The highest BCUT2D eigenvalue weighted by Crippen LogP contribution is 2.37. The van der Waals surface area contributed by atoms with E-state index in [4.69, 9.17) is 0 Å². The number of carbonyl (C=O) groups is 2. The van der Waals surface area contributed by atoms with Gasteiger partial charge in [0.1, 0.15) is 5.82 Å². The molecule has 5 aliphatic rings. The van der Waals surface area contributed by atoms with Crippen LogP contribution in [-0.2, 0) is 22.7 Å². The van der Waals surface area contributed by atoms with Crippen molar-refractivity contribution < 1.29 is 14.0 Å². The molecule has 3 unspecified atom stereocenters. The van der Waals surface area contributed by atoms with Gasteiger partial charge in [0, 0.05) is 55.9 Å². The molecule has 3 atom stereocenters. The van der Waals surface area contributed by atoms with Crippen LogP contribution in [0.2, 0.25) is 0 Å². The van der Waals surface area contributed by atoms with Gasteiger partial charge in [-0.1, -0.05) is 0 Å². The summed E-state index contributed by atoms with van der Waals surface area (Å²) in [7, 11) is 0. The monoisotopic (exact) mass is 344 g/mol. The van der Waals surface area contributed by atoms with Crippen molar-refractivity contribution in [1.29, 1.82) is 0 Å². The number of nitrogens with one attached hydrogen (secondary N) is 2. The quantitative estimate of drug-likeness (QED) is 0.765. The fourth-order valence-electron chi connectivity index (χ4n) is 4.72. The van der Waals surface area contributed by atoms with Crippen molar-refractivity contribution in [3.8, 4) is 0 Å². The van der Waals surface area contributed by atoms with Gasteiger partial charge in [-0.05, 0) is 30.5 Å². The number of amides is 2. The molecule has 2 amide bonds. The molecule has 7 heteroatoms. The fraction of sp³-hybridized carbons (Fsp3) is 0.556. The van der Waals surface area contributed by atoms with Crippen molar-refractivity contribution in [2.45, 2.75) is 50.5 Å². The normalized spacial score (nSPS) is 31.6. The van der Waals surface area contributed by atoms with Crippen molar-refractivity contribution in [3.05, 3.63) is 29.1 Å². The molecule has 5 aliphatic heterocycles. The van der Waals surface area contributed by atoms with Gasteiger partial charge in [-0.2, -0.15) is 0 Å². The molecule has 2 bridgehead atoms. The molecule has 4 fully saturated rings. The van der Waals surface area contributed by atoms with Crippen molar-refractivity contribution in [3.63, 3.8) is 0 Å². The molecule has 0 aromatic heterocycles. The number of fused-ring (bicyclic) bond motifs is 3. The second kappa shape index (κ2) is 5.51. The average molecular weight is 344 g/mol. The summed E-state index contributed by atoms with van der Waals surface area (Å²) in [4.78, 5) is 27.9. The lowest BCUT2D eigenvalue weighted by molar-refractivity contribution is -0.137. The van der Waals surface area contributed by atoms with E-state index >= 15 is 0 Å². The summed E-state index contributed by atoms with van der Waals surface area (Å²) in [6.45, 7) is 2.90. The first-order valence-electron chi connectivity index (χ1n) is 8.97. The highest BCUT2D eigenvalue weighted by Gasteiger charge is 2.40. The van der Waals surface area contributed by atoms with Crippen molar-refractivity contribution in [2.24, 2.45) is 0 Å². The number of anilines is 1. The lowest BCUT2D eigenvalue weighted by Gasteiger charge is -2.49. The van der Waals surface area contributed by atoms with Crippen LogP contribution in [-0.4, -0.2) is 47.9 Å². The molecule has 1 aromatic rings. The standard InChI is InChI=1S/C18H21FN4O2/c19-14-1-2-15(22-6-10-5-11(7-22)20-10)13-9-23(8-12(13)14)16-3-4-17(24)21-18(16)25/h1-2,10-11,16,20H,3-9H2,(H,21,24,25). The summed E-state index contributed by atoms with van der Waals surface area (Å²) >= 11 is 0. The number of nitrogens with zero attached hydrogens (tertiary/aromatic N) is 2. The molecule has 6 rings (SSSR count). The van der Waals surface area contributed by atoms with Crippen molar-refractivity contribution in [1.82, 2.24) is 15.5 Å². The maximum absolute atomic E-state index is 14.4. The van der Waals surface area contributed by atoms with E-state index in [0.717, 1.165) is 24.3 Å². The second-order valence-corrected chi connectivity index (χ2v) is 7.60. The number of halogens is 1. The lowest BCUT2D eigenvalue weighted by Crippen LogP contribution is -2.67. The van der Waals surface area contributed by atoms with Crippen LogP contribution in [0.25, 0.3) is 0 Å². The van der Waals surface area contributed by atoms with E-state index in [1.165, 1.54) is 6.42 Å². The average Bonchev–Trinajstić information content (AvgIpc) is 3.00. The van der Waals surface area contributed by atoms with E-state index in [-0.39, 0.29) is 23.7 Å². The molecular weight excluding hydrogens is 323 g/mol. The van der Waals surface area contributed by atoms with Crippen molar-refractivity contribution >= 4 is 17.5 Å². The number of rotatable bonds is 2. The van der Waals surface area contributed by atoms with Crippen LogP contribution in [0.3, 0.4) is 0 Å². The Hall–Kier alpha value is -1.99. The number of piperidine rings is 2. The number of hydrogen-bond donors (Lipinski definition) is 2. The van der Waals surface area contributed by atoms with Crippen LogP contribution in [0.5, 0.6) is 0 Å². The van der Waals surface area contributed by atoms with Crippen molar-refractivity contribution in [2.75, 3.05) is 18.0 Å². The smallest absolute Gasteiger partial charge is 0.243 e. The molecule has 0 spiro atoms. The summed E-state index contributed by atoms with van der Waals surface area (Å²) in [5.74, 6) is -0.673. The van der Waals surface area contributed by atoms with Gasteiger partial charge in [-0.25, -0.2) is 4.39 Å². The highest BCUT2D eigenvalue weighted by molar-refractivity contribution is 6.00. The SMILES string of the molecule is O=C1CCC(N2Cc3c(F)ccc(N4CC5CC(C4)N5)c3C2)C(=O)N1. The van der Waals surface area contributed by atoms with Gasteiger partial charge in [0.25, 0.3) is 0 Å². The Morgan fingerprint density at radius 1 is 1.08 bits per heavy atom. The number of piperazine rings is 1. The first kappa shape index (κ1) is 15.3. The molecule has 1 aromatic carbocycles. The third-order valence-electron chi connectivity index (χ3n) is 5.99. The number of carbonyl (C=O) groups excluding carboxylic acids is 2. The van der Waals surface area contributed by atoms with Gasteiger partial charge in [-0.15, -0.1) is 0 Å². The van der Waals surface area contributed by atoms with Crippen LogP contribution < -0.4 is 15.5 Å². The minimum atomic E-state index is -0.353. The van der Waals surface area contributed by atoms with Gasteiger partial charge in [0.2, 0.25) is 11.8 Å². The summed E-state index contributed by atoms with van der Waals surface area (Å²) < 4.78 is 14.4. The Bertz CT molecular complexity index is 752. The molecule has 0 radical (unpaired) electrons. The molecule has 25 heavy (non-hydrogen) atoms. The minimum Gasteiger partial charge on any atom is -0.368 e.